The lowest BCUT2D eigenvalue weighted by Crippen LogP contribution is -2.30. The van der Waals surface area contributed by atoms with Crippen LogP contribution in [0.5, 0.6) is 0 Å². The third-order valence-electron chi connectivity index (χ3n) is 2.53. The first-order chi connectivity index (χ1) is 7.11. The summed E-state index contributed by atoms with van der Waals surface area (Å²) in [6.45, 7) is 7.41. The summed E-state index contributed by atoms with van der Waals surface area (Å²) >= 11 is 0. The van der Waals surface area contributed by atoms with Crippen molar-refractivity contribution in [2.24, 2.45) is 5.92 Å². The first-order valence-electron chi connectivity index (χ1n) is 5.40. The Hall–Kier alpha value is -0.930. The van der Waals surface area contributed by atoms with Crippen molar-refractivity contribution in [2.45, 2.75) is 33.4 Å². The van der Waals surface area contributed by atoms with Crippen molar-refractivity contribution in [3.63, 3.8) is 0 Å². The van der Waals surface area contributed by atoms with Crippen LogP contribution >= 0.6 is 0 Å². The van der Waals surface area contributed by atoms with Crippen molar-refractivity contribution >= 4 is 0 Å². The third-order valence-corrected chi connectivity index (χ3v) is 2.53. The van der Waals surface area contributed by atoms with Crippen LogP contribution in [0.4, 0.5) is 0 Å². The normalized spacial score (nSPS) is 13.1. The van der Waals surface area contributed by atoms with E-state index in [9.17, 15) is 5.11 Å². The molecular formula is C12H20N2O. The third kappa shape index (κ3) is 3.98. The Morgan fingerprint density at radius 3 is 2.80 bits per heavy atom. The van der Waals surface area contributed by atoms with Crippen LogP contribution < -0.4 is 5.32 Å². The van der Waals surface area contributed by atoms with Crippen LogP contribution in [0.2, 0.25) is 0 Å². The van der Waals surface area contributed by atoms with Gasteiger partial charge in [0.15, 0.2) is 0 Å². The number of aliphatic hydroxyl groups excluding tert-OH is 1. The quantitative estimate of drug-likeness (QED) is 0.770. The van der Waals surface area contributed by atoms with Gasteiger partial charge in [0.2, 0.25) is 0 Å². The smallest absolute Gasteiger partial charge is 0.0687 e. The summed E-state index contributed by atoms with van der Waals surface area (Å²) in [6.07, 6.45) is 1.51. The second kappa shape index (κ2) is 5.83. The van der Waals surface area contributed by atoms with Crippen molar-refractivity contribution in [3.8, 4) is 0 Å². The average molecular weight is 208 g/mol. The van der Waals surface area contributed by atoms with Crippen molar-refractivity contribution in [1.29, 1.82) is 0 Å². The topological polar surface area (TPSA) is 45.2 Å². The molecule has 15 heavy (non-hydrogen) atoms. The molecule has 0 bridgehead atoms. The molecule has 1 aromatic rings. The van der Waals surface area contributed by atoms with E-state index in [1.807, 2.05) is 32.9 Å². The minimum absolute atomic E-state index is 0.283. The molecule has 84 valence electrons. The van der Waals surface area contributed by atoms with Gasteiger partial charge in [-0.2, -0.15) is 0 Å². The standard InChI is InChI=1S/C12H20N2O/c1-9(2)12(15)8-13-7-11-10(3)5-4-6-14-11/h4-6,9,12-13,15H,7-8H2,1-3H3. The minimum Gasteiger partial charge on any atom is -0.392 e. The molecule has 0 radical (unpaired) electrons. The van der Waals surface area contributed by atoms with E-state index in [1.165, 1.54) is 5.56 Å². The molecule has 1 atom stereocenters. The summed E-state index contributed by atoms with van der Waals surface area (Å²) in [5, 5.41) is 12.8. The zero-order chi connectivity index (χ0) is 11.3. The van der Waals surface area contributed by atoms with Gasteiger partial charge in [-0.1, -0.05) is 19.9 Å². The van der Waals surface area contributed by atoms with Gasteiger partial charge in [-0.3, -0.25) is 4.98 Å². The Morgan fingerprint density at radius 1 is 1.47 bits per heavy atom. The van der Waals surface area contributed by atoms with Gasteiger partial charge in [0.05, 0.1) is 11.8 Å². The minimum atomic E-state index is -0.283. The van der Waals surface area contributed by atoms with Gasteiger partial charge >= 0.3 is 0 Å². The highest BCUT2D eigenvalue weighted by molar-refractivity contribution is 5.17. The molecule has 1 rings (SSSR count). The molecule has 2 N–H and O–H groups in total. The Balaban J connectivity index is 2.35. The van der Waals surface area contributed by atoms with Gasteiger partial charge in [0.25, 0.3) is 0 Å². The van der Waals surface area contributed by atoms with E-state index >= 15 is 0 Å². The van der Waals surface area contributed by atoms with Crippen LogP contribution in [0.15, 0.2) is 18.3 Å². The molecule has 1 aromatic heterocycles. The van der Waals surface area contributed by atoms with E-state index in [2.05, 4.69) is 10.3 Å². The number of hydrogen-bond acceptors (Lipinski definition) is 3. The molecule has 0 saturated heterocycles. The van der Waals surface area contributed by atoms with E-state index in [4.69, 9.17) is 0 Å². The lowest BCUT2D eigenvalue weighted by molar-refractivity contribution is 0.123. The van der Waals surface area contributed by atoms with E-state index in [1.54, 1.807) is 6.20 Å². The molecule has 3 nitrogen and oxygen atoms in total. The zero-order valence-corrected chi connectivity index (χ0v) is 9.70. The van der Waals surface area contributed by atoms with Gasteiger partial charge in [-0.15, -0.1) is 0 Å². The molecule has 3 heteroatoms. The SMILES string of the molecule is Cc1cccnc1CNCC(O)C(C)C. The highest BCUT2D eigenvalue weighted by Gasteiger charge is 2.08. The van der Waals surface area contributed by atoms with Gasteiger partial charge in [-0.25, -0.2) is 0 Å². The molecule has 0 fully saturated rings. The van der Waals surface area contributed by atoms with Gasteiger partial charge in [0.1, 0.15) is 0 Å². The highest BCUT2D eigenvalue weighted by atomic mass is 16.3. The Bertz CT molecular complexity index is 299. The van der Waals surface area contributed by atoms with E-state index < -0.39 is 0 Å². The fourth-order valence-corrected chi connectivity index (χ4v) is 1.28. The second-order valence-electron chi connectivity index (χ2n) is 4.21. The first-order valence-corrected chi connectivity index (χ1v) is 5.40. The number of nitrogens with zero attached hydrogens (tertiary/aromatic N) is 1. The summed E-state index contributed by atoms with van der Waals surface area (Å²) in [6, 6.07) is 3.98. The summed E-state index contributed by atoms with van der Waals surface area (Å²) in [5.74, 6) is 0.294. The predicted molar refractivity (Wildman–Crippen MR) is 61.5 cm³/mol. The van der Waals surface area contributed by atoms with Crippen LogP contribution in [0.25, 0.3) is 0 Å². The summed E-state index contributed by atoms with van der Waals surface area (Å²) in [7, 11) is 0. The molecule has 0 saturated carbocycles. The maximum Gasteiger partial charge on any atom is 0.0687 e. The van der Waals surface area contributed by atoms with Gasteiger partial charge in [-0.05, 0) is 24.5 Å². The maximum atomic E-state index is 9.59. The molecule has 0 aliphatic carbocycles. The first kappa shape index (κ1) is 12.1. The number of pyridine rings is 1. The fourth-order valence-electron chi connectivity index (χ4n) is 1.28. The Morgan fingerprint density at radius 2 is 2.20 bits per heavy atom. The molecule has 0 spiro atoms. The van der Waals surface area contributed by atoms with E-state index in [0.717, 1.165) is 12.2 Å². The number of aliphatic hydroxyl groups is 1. The summed E-state index contributed by atoms with van der Waals surface area (Å²) in [4.78, 5) is 4.28. The highest BCUT2D eigenvalue weighted by Crippen LogP contribution is 2.03. The fraction of sp³-hybridized carbons (Fsp3) is 0.583. The molecule has 1 unspecified atom stereocenters. The number of aryl methyl sites for hydroxylation is 1. The van der Waals surface area contributed by atoms with Crippen molar-refractivity contribution < 1.29 is 5.11 Å². The summed E-state index contributed by atoms with van der Waals surface area (Å²) in [5.41, 5.74) is 2.23. The number of hydrogen-bond donors (Lipinski definition) is 2. The van der Waals surface area contributed by atoms with Gasteiger partial charge < -0.3 is 10.4 Å². The molecule has 0 aliphatic heterocycles. The Kier molecular flexibility index (Phi) is 4.72. The lowest BCUT2D eigenvalue weighted by atomic mass is 10.1. The van der Waals surface area contributed by atoms with Crippen LogP contribution in [0.3, 0.4) is 0 Å². The van der Waals surface area contributed by atoms with Crippen LogP contribution in [0, 0.1) is 12.8 Å². The summed E-state index contributed by atoms with van der Waals surface area (Å²) < 4.78 is 0. The largest absolute Gasteiger partial charge is 0.392 e. The monoisotopic (exact) mass is 208 g/mol. The Labute approximate surface area is 91.5 Å². The second-order valence-corrected chi connectivity index (χ2v) is 4.21. The maximum absolute atomic E-state index is 9.59. The van der Waals surface area contributed by atoms with Crippen LogP contribution in [0.1, 0.15) is 25.1 Å². The number of nitrogens with one attached hydrogen (secondary N) is 1. The zero-order valence-electron chi connectivity index (χ0n) is 9.70. The van der Waals surface area contributed by atoms with Crippen molar-refractivity contribution in [2.75, 3.05) is 6.54 Å². The van der Waals surface area contributed by atoms with Crippen LogP contribution in [-0.4, -0.2) is 22.7 Å². The lowest BCUT2D eigenvalue weighted by Gasteiger charge is -2.15. The molecule has 0 amide bonds. The number of rotatable bonds is 5. The predicted octanol–water partition coefficient (Wildman–Crippen LogP) is 1.50. The van der Waals surface area contributed by atoms with Crippen molar-refractivity contribution in [3.05, 3.63) is 29.6 Å². The van der Waals surface area contributed by atoms with Crippen LogP contribution in [-0.2, 0) is 6.54 Å². The molecule has 1 heterocycles. The van der Waals surface area contributed by atoms with E-state index in [-0.39, 0.29) is 6.10 Å². The van der Waals surface area contributed by atoms with E-state index in [0.29, 0.717) is 12.5 Å². The molecular weight excluding hydrogens is 188 g/mol. The van der Waals surface area contributed by atoms with Crippen molar-refractivity contribution in [1.82, 2.24) is 10.3 Å². The average Bonchev–Trinajstić information content (AvgIpc) is 2.20. The van der Waals surface area contributed by atoms with Gasteiger partial charge in [0, 0.05) is 19.3 Å². The molecule has 0 aromatic carbocycles. The molecule has 0 aliphatic rings. The number of aromatic nitrogens is 1.